The van der Waals surface area contributed by atoms with Gasteiger partial charge < -0.3 is 14.0 Å². The van der Waals surface area contributed by atoms with Crippen LogP contribution in [0.4, 0.5) is 17.1 Å². The normalized spacial score (nSPS) is 13.0. The average molecular weight is 968 g/mol. The quantitative estimate of drug-likeness (QED) is 0.131. The van der Waals surface area contributed by atoms with Crippen LogP contribution >= 0.6 is 0 Å². The van der Waals surface area contributed by atoms with Gasteiger partial charge in [0.05, 0.1) is 33.2 Å². The van der Waals surface area contributed by atoms with Gasteiger partial charge in [-0.1, -0.05) is 219 Å². The Kier molecular flexibility index (Phi) is 9.79. The van der Waals surface area contributed by atoms with Gasteiger partial charge >= 0.3 is 0 Å². The van der Waals surface area contributed by atoms with Crippen molar-refractivity contribution in [3.63, 3.8) is 0 Å². The van der Waals surface area contributed by atoms with Gasteiger partial charge in [-0.15, -0.1) is 0 Å². The zero-order chi connectivity index (χ0) is 50.5. The average Bonchev–Trinajstić information content (AvgIpc) is 4.40. The molecule has 76 heavy (non-hydrogen) atoms. The molecule has 11 aromatic carbocycles. The fourth-order valence-electron chi connectivity index (χ4n) is 13.3. The summed E-state index contributed by atoms with van der Waals surface area (Å²) in [5.41, 5.74) is 24.5. The molecule has 2 aromatic heterocycles. The van der Waals surface area contributed by atoms with Crippen molar-refractivity contribution in [3.8, 4) is 50.2 Å². The Bertz CT molecular complexity index is 4490. The van der Waals surface area contributed by atoms with Crippen LogP contribution in [0.25, 0.3) is 99.5 Å². The largest absolute Gasteiger partial charge is 0.310 e. The zero-order valence-corrected chi connectivity index (χ0v) is 41.7. The number of hydrogen-bond acceptors (Lipinski definition) is 1. The van der Waals surface area contributed by atoms with Gasteiger partial charge in [-0.25, -0.2) is 0 Å². The Morgan fingerprint density at radius 1 is 0.395 bits per heavy atom. The van der Waals surface area contributed by atoms with Crippen LogP contribution in [0.3, 0.4) is 0 Å². The minimum absolute atomic E-state index is 0.465. The Morgan fingerprint density at radius 2 is 0.921 bits per heavy atom. The second kappa shape index (κ2) is 17.1. The predicted octanol–water partition coefficient (Wildman–Crippen LogP) is 19.3. The topological polar surface area (TPSA) is 13.1 Å². The molecule has 0 fully saturated rings. The molecule has 0 saturated heterocycles. The lowest BCUT2D eigenvalue weighted by Gasteiger charge is -2.32. The minimum atomic E-state index is -0.465. The molecule has 0 aliphatic heterocycles. The van der Waals surface area contributed by atoms with Gasteiger partial charge in [0.1, 0.15) is 0 Å². The highest BCUT2D eigenvalue weighted by molar-refractivity contribution is 6.26. The van der Waals surface area contributed by atoms with Crippen LogP contribution in [-0.2, 0) is 5.41 Å². The molecule has 2 aliphatic carbocycles. The highest BCUT2D eigenvalue weighted by Crippen LogP contribution is 2.64. The molecule has 2 heterocycles. The number of nitrogens with zero attached hydrogens (tertiary/aromatic N) is 3. The number of para-hydroxylation sites is 2. The number of allylic oxidation sites excluding steroid dienone is 4. The van der Waals surface area contributed by atoms with E-state index in [1.54, 1.807) is 0 Å². The standard InChI is InChI=1S/C73H49N3/c1-3-21-51(4-2)75-67-36-19-30-55(69(67)61-47-46-59-58-28-14-18-35-66(58)76(71(59)72(61)75)52-24-9-6-10-25-52)50-40-44-54(45-41-50)74(53-42-38-49(39-43-53)48-22-7-5-8-23-48)68-37-20-34-65-70(68)60-29-13-17-33-64(60)73(65)62-31-15-11-26-56(62)57-27-12-16-32-63(57)73/h3-47H,1-2H2/b51-21+. The van der Waals surface area contributed by atoms with Crippen LogP contribution in [-0.4, -0.2) is 9.13 Å². The van der Waals surface area contributed by atoms with Crippen LogP contribution in [0.2, 0.25) is 0 Å². The zero-order valence-electron chi connectivity index (χ0n) is 41.7. The molecule has 1 spiro atoms. The van der Waals surface area contributed by atoms with Crippen molar-refractivity contribution in [2.24, 2.45) is 0 Å². The number of benzene rings is 11. The molecule has 3 nitrogen and oxygen atoms in total. The summed E-state index contributed by atoms with van der Waals surface area (Å²) in [7, 11) is 0. The second-order valence-corrected chi connectivity index (χ2v) is 20.0. The SMILES string of the molecule is C=C/C=C(\C=C)n1c2cccc(-c3ccc(N(c4ccc(-c5ccccc5)cc4)c4cccc5c4-c4ccccc4C54c5ccccc5-c5ccccc54)cc3)c2c2ccc3c4ccccc4n(-c4ccccc4)c3c21. The van der Waals surface area contributed by atoms with Gasteiger partial charge in [0, 0.05) is 49.9 Å². The highest BCUT2D eigenvalue weighted by atomic mass is 15.1. The molecular formula is C73H49N3. The summed E-state index contributed by atoms with van der Waals surface area (Å²) in [4.78, 5) is 2.47. The maximum absolute atomic E-state index is 4.36. The number of anilines is 3. The first-order valence-electron chi connectivity index (χ1n) is 26.2. The number of aromatic nitrogens is 2. The van der Waals surface area contributed by atoms with Crippen LogP contribution in [0, 0.1) is 0 Å². The maximum atomic E-state index is 4.36. The molecule has 0 bridgehead atoms. The first-order valence-corrected chi connectivity index (χ1v) is 26.2. The monoisotopic (exact) mass is 967 g/mol. The van der Waals surface area contributed by atoms with Gasteiger partial charge in [-0.05, 0) is 128 Å². The number of rotatable bonds is 9. The van der Waals surface area contributed by atoms with E-state index < -0.39 is 5.41 Å². The summed E-state index contributed by atoms with van der Waals surface area (Å²) in [6.07, 6.45) is 5.87. The maximum Gasteiger partial charge on any atom is 0.0789 e. The van der Waals surface area contributed by atoms with Crippen molar-refractivity contribution in [1.82, 2.24) is 9.13 Å². The summed E-state index contributed by atoms with van der Waals surface area (Å²) in [6, 6.07) is 94.0. The first-order chi connectivity index (χ1) is 37.7. The predicted molar refractivity (Wildman–Crippen MR) is 320 cm³/mol. The molecule has 0 N–H and O–H groups in total. The van der Waals surface area contributed by atoms with E-state index in [2.05, 4.69) is 288 Å². The van der Waals surface area contributed by atoms with Crippen molar-refractivity contribution >= 4 is 66.4 Å². The fourth-order valence-corrected chi connectivity index (χ4v) is 13.3. The summed E-state index contributed by atoms with van der Waals surface area (Å²) in [5, 5.41) is 4.76. The molecule has 0 radical (unpaired) electrons. The molecule has 356 valence electrons. The van der Waals surface area contributed by atoms with Crippen molar-refractivity contribution in [1.29, 1.82) is 0 Å². The Labute approximate surface area is 442 Å². The lowest BCUT2D eigenvalue weighted by molar-refractivity contribution is 0.794. The third-order valence-electron chi connectivity index (χ3n) is 16.3. The lowest BCUT2D eigenvalue weighted by Crippen LogP contribution is -2.26. The summed E-state index contributed by atoms with van der Waals surface area (Å²) >= 11 is 0. The van der Waals surface area contributed by atoms with E-state index in [-0.39, 0.29) is 0 Å². The van der Waals surface area contributed by atoms with Crippen LogP contribution in [0.5, 0.6) is 0 Å². The third-order valence-corrected chi connectivity index (χ3v) is 16.3. The molecule has 0 unspecified atom stereocenters. The molecule has 3 heteroatoms. The van der Waals surface area contributed by atoms with E-state index in [1.165, 1.54) is 77.2 Å². The summed E-state index contributed by atoms with van der Waals surface area (Å²) in [5.74, 6) is 0. The summed E-state index contributed by atoms with van der Waals surface area (Å²) in [6.45, 7) is 8.51. The molecule has 13 aromatic rings. The van der Waals surface area contributed by atoms with Crippen LogP contribution in [0.1, 0.15) is 22.3 Å². The van der Waals surface area contributed by atoms with Gasteiger partial charge in [-0.2, -0.15) is 0 Å². The Hall–Kier alpha value is -9.96. The van der Waals surface area contributed by atoms with Crippen LogP contribution < -0.4 is 4.90 Å². The highest BCUT2D eigenvalue weighted by Gasteiger charge is 2.52. The van der Waals surface area contributed by atoms with Crippen molar-refractivity contribution < 1.29 is 0 Å². The van der Waals surface area contributed by atoms with E-state index in [0.717, 1.165) is 61.6 Å². The molecular weight excluding hydrogens is 919 g/mol. The Balaban J connectivity index is 0.954. The number of hydrogen-bond donors (Lipinski definition) is 0. The summed E-state index contributed by atoms with van der Waals surface area (Å²) < 4.78 is 4.82. The van der Waals surface area contributed by atoms with Gasteiger partial charge in [0.2, 0.25) is 0 Å². The van der Waals surface area contributed by atoms with Crippen molar-refractivity contribution in [2.45, 2.75) is 5.41 Å². The van der Waals surface area contributed by atoms with E-state index in [1.807, 2.05) is 12.2 Å². The molecule has 15 rings (SSSR count). The van der Waals surface area contributed by atoms with Gasteiger partial charge in [-0.3, -0.25) is 0 Å². The van der Waals surface area contributed by atoms with E-state index in [4.69, 9.17) is 0 Å². The molecule has 0 amide bonds. The molecule has 0 atom stereocenters. The molecule has 2 aliphatic rings. The minimum Gasteiger partial charge on any atom is -0.310 e. The van der Waals surface area contributed by atoms with Crippen molar-refractivity contribution in [2.75, 3.05) is 4.90 Å². The second-order valence-electron chi connectivity index (χ2n) is 20.0. The number of fused-ring (bicyclic) bond motifs is 17. The smallest absolute Gasteiger partial charge is 0.0789 e. The van der Waals surface area contributed by atoms with Crippen molar-refractivity contribution in [3.05, 3.63) is 308 Å². The van der Waals surface area contributed by atoms with Crippen LogP contribution in [0.15, 0.2) is 286 Å². The molecule has 0 saturated carbocycles. The lowest BCUT2D eigenvalue weighted by atomic mass is 9.70. The van der Waals surface area contributed by atoms with E-state index in [9.17, 15) is 0 Å². The van der Waals surface area contributed by atoms with Gasteiger partial charge in [0.15, 0.2) is 0 Å². The Morgan fingerprint density at radius 3 is 1.61 bits per heavy atom. The van der Waals surface area contributed by atoms with E-state index in [0.29, 0.717) is 0 Å². The fraction of sp³-hybridized carbons (Fsp3) is 0.0137. The first kappa shape index (κ1) is 43.6. The van der Waals surface area contributed by atoms with E-state index >= 15 is 0 Å². The van der Waals surface area contributed by atoms with Gasteiger partial charge in [0.25, 0.3) is 0 Å². The third kappa shape index (κ3) is 6.11.